The Balaban J connectivity index is 1.50. The van der Waals surface area contributed by atoms with E-state index in [1.54, 1.807) is 42.9 Å². The third-order valence-electron chi connectivity index (χ3n) is 6.03. The van der Waals surface area contributed by atoms with E-state index in [1.807, 2.05) is 6.07 Å². The second-order valence-electron chi connectivity index (χ2n) is 8.15. The van der Waals surface area contributed by atoms with Crippen molar-refractivity contribution in [2.45, 2.75) is 11.8 Å². The molecule has 3 aromatic carbocycles. The van der Waals surface area contributed by atoms with Crippen molar-refractivity contribution in [3.05, 3.63) is 105 Å². The minimum absolute atomic E-state index is 0.0167. The van der Waals surface area contributed by atoms with Crippen LogP contribution in [0.2, 0.25) is 5.02 Å². The molecule has 0 saturated heterocycles. The van der Waals surface area contributed by atoms with Gasteiger partial charge in [-0.1, -0.05) is 29.8 Å². The molecule has 0 radical (unpaired) electrons. The lowest BCUT2D eigenvalue weighted by atomic mass is 10.1. The SMILES string of the molecule is Cc1c(NC(=O)c2ccc3c(c2)S(=O)(=O)N(c2ccc(Cl)cc2)C3=O)c(=O)n(-c2ccccc2)n1C. The Morgan fingerprint density at radius 2 is 1.58 bits per heavy atom. The van der Waals surface area contributed by atoms with E-state index in [1.165, 1.54) is 41.1 Å². The average Bonchev–Trinajstić information content (AvgIpc) is 3.20. The Hall–Kier alpha value is -4.15. The van der Waals surface area contributed by atoms with Crippen molar-refractivity contribution < 1.29 is 18.0 Å². The first-order valence-electron chi connectivity index (χ1n) is 10.8. The standard InChI is InChI=1S/C25H19ClN4O5S/c1-15-22(25(33)29(28(15)2)18-6-4-3-5-7-18)27-23(31)16-8-13-20-21(14-16)36(34,35)30(24(20)32)19-11-9-17(26)10-12-19/h3-14H,1-2H3,(H,27,31). The van der Waals surface area contributed by atoms with E-state index in [0.717, 1.165) is 6.07 Å². The molecular formula is C25H19ClN4O5S. The van der Waals surface area contributed by atoms with Crippen molar-refractivity contribution >= 4 is 44.8 Å². The van der Waals surface area contributed by atoms with Crippen LogP contribution in [-0.4, -0.2) is 29.6 Å². The van der Waals surface area contributed by atoms with Crippen molar-refractivity contribution in [2.75, 3.05) is 9.62 Å². The van der Waals surface area contributed by atoms with Crippen molar-refractivity contribution in [1.82, 2.24) is 9.36 Å². The molecule has 2 heterocycles. The van der Waals surface area contributed by atoms with Crippen LogP contribution in [0.1, 0.15) is 26.4 Å². The number of hydrogen-bond acceptors (Lipinski definition) is 5. The number of fused-ring (bicyclic) bond motifs is 1. The van der Waals surface area contributed by atoms with E-state index >= 15 is 0 Å². The first-order chi connectivity index (χ1) is 17.1. The highest BCUT2D eigenvalue weighted by Gasteiger charge is 2.42. The van der Waals surface area contributed by atoms with E-state index < -0.39 is 27.4 Å². The Labute approximate surface area is 211 Å². The van der Waals surface area contributed by atoms with Crippen LogP contribution < -0.4 is 15.2 Å². The maximum atomic E-state index is 13.2. The van der Waals surface area contributed by atoms with Gasteiger partial charge in [0.15, 0.2) is 0 Å². The molecule has 1 aromatic heterocycles. The van der Waals surface area contributed by atoms with Gasteiger partial charge in [0.05, 0.1) is 22.6 Å². The molecular weight excluding hydrogens is 504 g/mol. The number of sulfonamides is 1. The highest BCUT2D eigenvalue weighted by atomic mass is 35.5. The van der Waals surface area contributed by atoms with E-state index in [2.05, 4.69) is 5.32 Å². The first kappa shape index (κ1) is 23.6. The second-order valence-corrected chi connectivity index (χ2v) is 10.3. The van der Waals surface area contributed by atoms with Gasteiger partial charge in [-0.05, 0) is 61.5 Å². The third kappa shape index (κ3) is 3.62. The fraction of sp³-hybridized carbons (Fsp3) is 0.0800. The number of anilines is 2. The number of hydrogen-bond donors (Lipinski definition) is 1. The number of carbonyl (C=O) groups is 2. The van der Waals surface area contributed by atoms with Crippen LogP contribution in [0.3, 0.4) is 0 Å². The molecule has 0 spiro atoms. The summed E-state index contributed by atoms with van der Waals surface area (Å²) < 4.78 is 30.1. The molecule has 5 rings (SSSR count). The maximum absolute atomic E-state index is 13.2. The van der Waals surface area contributed by atoms with Crippen LogP contribution in [0.4, 0.5) is 11.4 Å². The lowest BCUT2D eigenvalue weighted by molar-refractivity contribution is 0.100. The summed E-state index contributed by atoms with van der Waals surface area (Å²) in [6, 6.07) is 18.5. The van der Waals surface area contributed by atoms with Gasteiger partial charge in [0.25, 0.3) is 27.4 Å². The van der Waals surface area contributed by atoms with Gasteiger partial charge in [-0.25, -0.2) is 13.1 Å². The van der Waals surface area contributed by atoms with Gasteiger partial charge in [0.1, 0.15) is 10.6 Å². The quantitative estimate of drug-likeness (QED) is 0.439. The van der Waals surface area contributed by atoms with E-state index in [-0.39, 0.29) is 27.4 Å². The van der Waals surface area contributed by atoms with Crippen molar-refractivity contribution in [2.24, 2.45) is 7.05 Å². The Morgan fingerprint density at radius 3 is 2.25 bits per heavy atom. The van der Waals surface area contributed by atoms with Crippen molar-refractivity contribution in [3.8, 4) is 5.69 Å². The van der Waals surface area contributed by atoms with Gasteiger partial charge in [-0.3, -0.25) is 19.1 Å². The number of para-hydroxylation sites is 1. The van der Waals surface area contributed by atoms with Crippen LogP contribution in [-0.2, 0) is 17.1 Å². The normalized spacial score (nSPS) is 14.1. The minimum atomic E-state index is -4.25. The Morgan fingerprint density at radius 1 is 0.917 bits per heavy atom. The molecule has 1 aliphatic heterocycles. The minimum Gasteiger partial charge on any atom is -0.316 e. The van der Waals surface area contributed by atoms with E-state index in [9.17, 15) is 22.8 Å². The summed E-state index contributed by atoms with van der Waals surface area (Å²) in [5.41, 5.74) is 0.822. The molecule has 0 fully saturated rings. The van der Waals surface area contributed by atoms with Crippen molar-refractivity contribution in [1.29, 1.82) is 0 Å². The summed E-state index contributed by atoms with van der Waals surface area (Å²) in [6.07, 6.45) is 0. The number of halogens is 1. The summed E-state index contributed by atoms with van der Waals surface area (Å²) in [6.45, 7) is 1.69. The summed E-state index contributed by atoms with van der Waals surface area (Å²) in [5, 5.41) is 2.99. The Kier molecular flexibility index (Phi) is 5.57. The van der Waals surface area contributed by atoms with Gasteiger partial charge in [-0.2, -0.15) is 4.31 Å². The predicted molar refractivity (Wildman–Crippen MR) is 136 cm³/mol. The third-order valence-corrected chi connectivity index (χ3v) is 8.03. The lowest BCUT2D eigenvalue weighted by Crippen LogP contribution is -2.29. The number of carbonyl (C=O) groups excluding carboxylic acids is 2. The fourth-order valence-electron chi connectivity index (χ4n) is 4.10. The molecule has 4 aromatic rings. The monoisotopic (exact) mass is 522 g/mol. The zero-order valence-electron chi connectivity index (χ0n) is 19.1. The molecule has 11 heteroatoms. The average molecular weight is 523 g/mol. The van der Waals surface area contributed by atoms with Gasteiger partial charge in [-0.15, -0.1) is 0 Å². The molecule has 0 bridgehead atoms. The van der Waals surface area contributed by atoms with Gasteiger partial charge < -0.3 is 5.32 Å². The van der Waals surface area contributed by atoms with Gasteiger partial charge in [0.2, 0.25) is 0 Å². The number of nitrogens with one attached hydrogen (secondary N) is 1. The predicted octanol–water partition coefficient (Wildman–Crippen LogP) is 3.74. The highest BCUT2D eigenvalue weighted by Crippen LogP contribution is 2.35. The summed E-state index contributed by atoms with van der Waals surface area (Å²) in [4.78, 5) is 38.8. The molecule has 0 unspecified atom stereocenters. The largest absolute Gasteiger partial charge is 0.316 e. The number of amides is 2. The zero-order valence-corrected chi connectivity index (χ0v) is 20.7. The van der Waals surface area contributed by atoms with Crippen LogP contribution in [0.25, 0.3) is 5.69 Å². The molecule has 0 aliphatic carbocycles. The summed E-state index contributed by atoms with van der Waals surface area (Å²) >= 11 is 5.88. The number of nitrogens with zero attached hydrogens (tertiary/aromatic N) is 3. The van der Waals surface area contributed by atoms with Crippen LogP contribution in [0, 0.1) is 6.92 Å². The molecule has 1 aliphatic rings. The van der Waals surface area contributed by atoms with Gasteiger partial charge in [0, 0.05) is 17.6 Å². The van der Waals surface area contributed by atoms with Crippen LogP contribution >= 0.6 is 11.6 Å². The molecule has 9 nitrogen and oxygen atoms in total. The van der Waals surface area contributed by atoms with E-state index in [4.69, 9.17) is 11.6 Å². The Bertz CT molecular complexity index is 1710. The van der Waals surface area contributed by atoms with Crippen LogP contribution in [0.15, 0.2) is 82.5 Å². The van der Waals surface area contributed by atoms with Crippen molar-refractivity contribution in [3.63, 3.8) is 0 Å². The highest BCUT2D eigenvalue weighted by molar-refractivity contribution is 7.94. The topological polar surface area (TPSA) is 110 Å². The number of rotatable bonds is 4. The maximum Gasteiger partial charge on any atom is 0.295 e. The molecule has 182 valence electrons. The molecule has 36 heavy (non-hydrogen) atoms. The number of benzene rings is 3. The summed E-state index contributed by atoms with van der Waals surface area (Å²) in [5.74, 6) is -1.42. The molecule has 0 saturated carbocycles. The van der Waals surface area contributed by atoms with E-state index in [0.29, 0.717) is 20.7 Å². The van der Waals surface area contributed by atoms with Crippen LogP contribution in [0.5, 0.6) is 0 Å². The molecule has 2 amide bonds. The van der Waals surface area contributed by atoms with Gasteiger partial charge >= 0.3 is 0 Å². The smallest absolute Gasteiger partial charge is 0.295 e. The molecule has 0 atom stereocenters. The number of aromatic nitrogens is 2. The lowest BCUT2D eigenvalue weighted by Gasteiger charge is -2.14. The molecule has 1 N–H and O–H groups in total. The second kappa shape index (κ2) is 8.51. The zero-order chi connectivity index (χ0) is 25.8. The first-order valence-corrected chi connectivity index (χ1v) is 12.6. The fourth-order valence-corrected chi connectivity index (χ4v) is 5.85. The summed E-state index contributed by atoms with van der Waals surface area (Å²) in [7, 11) is -2.56.